The summed E-state index contributed by atoms with van der Waals surface area (Å²) in [6.07, 6.45) is 6.29. The SMILES string of the molecule is CCCCCCO.COc1cc(C(=O)N2CC3(C2)CN(C(C)C)C3)ccc1Cn1ncc2nc(N)nc(N)c21. The van der Waals surface area contributed by atoms with E-state index in [0.29, 0.717) is 41.5 Å². The van der Waals surface area contributed by atoms with E-state index in [1.165, 1.54) is 19.3 Å². The number of carbonyl (C=O) groups is 1. The van der Waals surface area contributed by atoms with E-state index < -0.39 is 0 Å². The molecule has 0 unspecified atom stereocenters. The zero-order valence-corrected chi connectivity index (χ0v) is 23.6. The van der Waals surface area contributed by atoms with Gasteiger partial charge in [0.15, 0.2) is 5.82 Å². The van der Waals surface area contributed by atoms with Gasteiger partial charge in [-0.2, -0.15) is 10.1 Å². The Labute approximate surface area is 230 Å². The van der Waals surface area contributed by atoms with E-state index in [1.54, 1.807) is 24.1 Å². The molecule has 1 aromatic carbocycles. The summed E-state index contributed by atoms with van der Waals surface area (Å²) in [7, 11) is 1.60. The first-order chi connectivity index (χ1) is 18.7. The molecule has 1 amide bonds. The summed E-state index contributed by atoms with van der Waals surface area (Å²) in [5, 5.41) is 12.7. The molecular formula is C28H42N8O3. The van der Waals surface area contributed by atoms with Crippen LogP contribution in [0.25, 0.3) is 11.0 Å². The number of methoxy groups -OCH3 is 1. The Bertz CT molecular complexity index is 1270. The lowest BCUT2D eigenvalue weighted by Crippen LogP contribution is -2.73. The van der Waals surface area contributed by atoms with Crippen molar-refractivity contribution in [3.05, 3.63) is 35.5 Å². The number of fused-ring (bicyclic) bond motifs is 1. The average Bonchev–Trinajstić information content (AvgIpc) is 3.25. The topological polar surface area (TPSA) is 149 Å². The summed E-state index contributed by atoms with van der Waals surface area (Å²) >= 11 is 0. The summed E-state index contributed by atoms with van der Waals surface area (Å²) in [5.41, 5.74) is 14.7. The smallest absolute Gasteiger partial charge is 0.254 e. The number of likely N-dealkylation sites (tertiary alicyclic amines) is 2. The second kappa shape index (κ2) is 12.2. The highest BCUT2D eigenvalue weighted by molar-refractivity contribution is 5.95. The molecule has 2 fully saturated rings. The third kappa shape index (κ3) is 6.25. The van der Waals surface area contributed by atoms with Gasteiger partial charge in [0, 0.05) is 55.4 Å². The Kier molecular flexibility index (Phi) is 8.91. The number of carbonyl (C=O) groups excluding carboxylic acids is 1. The molecule has 11 nitrogen and oxygen atoms in total. The van der Waals surface area contributed by atoms with Crippen LogP contribution in [0.1, 0.15) is 62.4 Å². The van der Waals surface area contributed by atoms with Gasteiger partial charge in [0.05, 0.1) is 19.9 Å². The summed E-state index contributed by atoms with van der Waals surface area (Å²) in [6.45, 7) is 11.1. The van der Waals surface area contributed by atoms with Crippen molar-refractivity contribution in [2.75, 3.05) is 51.4 Å². The van der Waals surface area contributed by atoms with Crippen molar-refractivity contribution in [3.8, 4) is 5.75 Å². The molecule has 4 heterocycles. The average molecular weight is 539 g/mol. The molecule has 0 bridgehead atoms. The minimum absolute atomic E-state index is 0.0427. The quantitative estimate of drug-likeness (QED) is 0.350. The van der Waals surface area contributed by atoms with Crippen molar-refractivity contribution in [3.63, 3.8) is 0 Å². The van der Waals surface area contributed by atoms with Crippen molar-refractivity contribution in [1.29, 1.82) is 0 Å². The first-order valence-corrected chi connectivity index (χ1v) is 13.8. The number of benzene rings is 1. The number of hydrogen-bond donors (Lipinski definition) is 3. The van der Waals surface area contributed by atoms with Gasteiger partial charge < -0.3 is 26.2 Å². The van der Waals surface area contributed by atoms with E-state index in [-0.39, 0.29) is 23.1 Å². The van der Waals surface area contributed by atoms with Crippen molar-refractivity contribution in [2.24, 2.45) is 5.41 Å². The van der Waals surface area contributed by atoms with Gasteiger partial charge in [-0.1, -0.05) is 32.3 Å². The molecule has 39 heavy (non-hydrogen) atoms. The molecule has 5 N–H and O–H groups in total. The Hall–Kier alpha value is -3.44. The zero-order chi connectivity index (χ0) is 28.2. The van der Waals surface area contributed by atoms with E-state index in [0.717, 1.165) is 38.2 Å². The largest absolute Gasteiger partial charge is 0.496 e. The maximum atomic E-state index is 13.0. The Morgan fingerprint density at radius 2 is 1.87 bits per heavy atom. The Morgan fingerprint density at radius 1 is 1.13 bits per heavy atom. The van der Waals surface area contributed by atoms with E-state index in [9.17, 15) is 4.79 Å². The minimum atomic E-state index is 0.0427. The molecule has 0 radical (unpaired) electrons. The molecule has 0 aliphatic carbocycles. The molecule has 5 rings (SSSR count). The van der Waals surface area contributed by atoms with Gasteiger partial charge in [0.1, 0.15) is 16.8 Å². The molecule has 0 saturated carbocycles. The number of unbranched alkanes of at least 4 members (excludes halogenated alkanes) is 3. The summed E-state index contributed by atoms with van der Waals surface area (Å²) in [5.74, 6) is 1.05. The van der Waals surface area contributed by atoms with Gasteiger partial charge in [-0.25, -0.2) is 4.98 Å². The molecule has 11 heteroatoms. The Morgan fingerprint density at radius 3 is 2.51 bits per heavy atom. The van der Waals surface area contributed by atoms with Gasteiger partial charge in [-0.05, 0) is 32.4 Å². The number of nitrogens with zero attached hydrogens (tertiary/aromatic N) is 6. The van der Waals surface area contributed by atoms with Crippen molar-refractivity contribution >= 4 is 28.7 Å². The number of rotatable bonds is 9. The maximum Gasteiger partial charge on any atom is 0.254 e. The van der Waals surface area contributed by atoms with Crippen LogP contribution in [-0.4, -0.2) is 86.5 Å². The third-order valence-electron chi connectivity index (χ3n) is 7.55. The van der Waals surface area contributed by atoms with Crippen LogP contribution in [0.5, 0.6) is 5.75 Å². The maximum absolute atomic E-state index is 13.0. The number of ether oxygens (including phenoxy) is 1. The first kappa shape index (κ1) is 28.6. The number of anilines is 2. The number of aliphatic hydroxyl groups excluding tert-OH is 1. The second-order valence-corrected chi connectivity index (χ2v) is 11.0. The number of nitrogens with two attached hydrogens (primary N) is 2. The van der Waals surface area contributed by atoms with Crippen LogP contribution in [0, 0.1) is 5.41 Å². The fourth-order valence-corrected chi connectivity index (χ4v) is 5.34. The molecule has 3 aromatic rings. The third-order valence-corrected chi connectivity index (χ3v) is 7.55. The minimum Gasteiger partial charge on any atom is -0.496 e. The molecule has 2 aliphatic heterocycles. The lowest BCUT2D eigenvalue weighted by atomic mass is 9.72. The van der Waals surface area contributed by atoms with E-state index >= 15 is 0 Å². The monoisotopic (exact) mass is 538 g/mol. The first-order valence-electron chi connectivity index (χ1n) is 13.8. The fraction of sp³-hybridized carbons (Fsp3) is 0.571. The molecule has 2 aliphatic rings. The second-order valence-electron chi connectivity index (χ2n) is 11.0. The Balaban J connectivity index is 0.000000448. The van der Waals surface area contributed by atoms with Gasteiger partial charge in [0.25, 0.3) is 5.91 Å². The predicted molar refractivity (Wildman–Crippen MR) is 153 cm³/mol. The summed E-state index contributed by atoms with van der Waals surface area (Å²) in [6, 6.07) is 6.10. The molecule has 2 aromatic heterocycles. The van der Waals surface area contributed by atoms with Crippen LogP contribution in [0.15, 0.2) is 24.4 Å². The van der Waals surface area contributed by atoms with Crippen LogP contribution in [0.2, 0.25) is 0 Å². The summed E-state index contributed by atoms with van der Waals surface area (Å²) < 4.78 is 7.30. The number of aromatic nitrogens is 4. The number of aliphatic hydroxyl groups is 1. The van der Waals surface area contributed by atoms with Crippen LogP contribution in [0.4, 0.5) is 11.8 Å². The normalized spacial score (nSPS) is 16.1. The molecule has 2 saturated heterocycles. The standard InChI is InChI=1S/C22H28N8O2.C6H14O/c1-13(2)28-9-22(10-28)11-29(12-22)20(31)14-4-5-15(17(6-14)32-3)8-30-18-16(7-25-30)26-21(24)27-19(18)23;1-2-3-4-5-6-7/h4-7,13H,8-12H2,1-3H3,(H4,23,24,26,27);7H,2-6H2,1H3. The number of hydrogen-bond acceptors (Lipinski definition) is 9. The van der Waals surface area contributed by atoms with Crippen LogP contribution < -0.4 is 16.2 Å². The fourth-order valence-electron chi connectivity index (χ4n) is 5.34. The highest BCUT2D eigenvalue weighted by Gasteiger charge is 2.53. The van der Waals surface area contributed by atoms with Gasteiger partial charge in [0.2, 0.25) is 5.95 Å². The molecule has 0 atom stereocenters. The number of nitrogen functional groups attached to an aromatic ring is 2. The van der Waals surface area contributed by atoms with Gasteiger partial charge in [-0.15, -0.1) is 0 Å². The lowest BCUT2D eigenvalue weighted by Gasteiger charge is -2.61. The van der Waals surface area contributed by atoms with Crippen molar-refractivity contribution < 1.29 is 14.6 Å². The van der Waals surface area contributed by atoms with Gasteiger partial charge >= 0.3 is 0 Å². The van der Waals surface area contributed by atoms with Crippen LogP contribution in [-0.2, 0) is 6.54 Å². The van der Waals surface area contributed by atoms with Crippen LogP contribution >= 0.6 is 0 Å². The number of amides is 1. The predicted octanol–water partition coefficient (Wildman–Crippen LogP) is 2.77. The summed E-state index contributed by atoms with van der Waals surface area (Å²) in [4.78, 5) is 25.6. The molecular weight excluding hydrogens is 496 g/mol. The lowest BCUT2D eigenvalue weighted by molar-refractivity contribution is -0.110. The zero-order valence-electron chi connectivity index (χ0n) is 23.6. The van der Waals surface area contributed by atoms with E-state index in [1.807, 2.05) is 17.0 Å². The highest BCUT2D eigenvalue weighted by atomic mass is 16.5. The van der Waals surface area contributed by atoms with Gasteiger partial charge in [-0.3, -0.25) is 14.4 Å². The molecule has 1 spiro atoms. The van der Waals surface area contributed by atoms with Crippen molar-refractivity contribution in [2.45, 2.75) is 59.0 Å². The molecule has 212 valence electrons. The van der Waals surface area contributed by atoms with E-state index in [4.69, 9.17) is 21.3 Å². The highest BCUT2D eigenvalue weighted by Crippen LogP contribution is 2.41. The van der Waals surface area contributed by atoms with Crippen molar-refractivity contribution in [1.82, 2.24) is 29.5 Å². The van der Waals surface area contributed by atoms with E-state index in [2.05, 4.69) is 40.7 Å². The van der Waals surface area contributed by atoms with Crippen LogP contribution in [0.3, 0.4) is 0 Å².